The number of allylic oxidation sites excluding steroid dienone is 1. The lowest BCUT2D eigenvalue weighted by Gasteiger charge is -2.12. The zero-order chi connectivity index (χ0) is 13.0. The van der Waals surface area contributed by atoms with Crippen molar-refractivity contribution in [3.63, 3.8) is 0 Å². The van der Waals surface area contributed by atoms with E-state index in [0.717, 1.165) is 5.56 Å². The standard InChI is InChI=1S/C14H20FNO/c1-6-13(15)12-7-10(4)14(16-11(12)5)17-8-9(2)3/h6-7,9H,8H2,1-5H3/b13-6+. The Hall–Kier alpha value is -1.38. The first-order valence-electron chi connectivity index (χ1n) is 5.89. The summed E-state index contributed by atoms with van der Waals surface area (Å²) in [6, 6.07) is 1.79. The second-order valence-electron chi connectivity index (χ2n) is 4.58. The van der Waals surface area contributed by atoms with Crippen LogP contribution in [0.5, 0.6) is 5.88 Å². The van der Waals surface area contributed by atoms with Crippen molar-refractivity contribution >= 4 is 5.83 Å². The summed E-state index contributed by atoms with van der Waals surface area (Å²) in [5.74, 6) is 0.806. The second kappa shape index (κ2) is 5.80. The van der Waals surface area contributed by atoms with Crippen LogP contribution in [-0.4, -0.2) is 11.6 Å². The van der Waals surface area contributed by atoms with E-state index in [4.69, 9.17) is 4.74 Å². The van der Waals surface area contributed by atoms with E-state index in [1.54, 1.807) is 19.9 Å². The van der Waals surface area contributed by atoms with Crippen molar-refractivity contribution in [1.82, 2.24) is 4.98 Å². The molecule has 0 radical (unpaired) electrons. The lowest BCUT2D eigenvalue weighted by molar-refractivity contribution is 0.259. The minimum atomic E-state index is -0.242. The molecule has 0 aromatic carbocycles. The molecule has 1 aromatic heterocycles. The highest BCUT2D eigenvalue weighted by Crippen LogP contribution is 2.25. The smallest absolute Gasteiger partial charge is 0.216 e. The second-order valence-corrected chi connectivity index (χ2v) is 4.58. The summed E-state index contributed by atoms with van der Waals surface area (Å²) in [5.41, 5.74) is 2.06. The van der Waals surface area contributed by atoms with Crippen LogP contribution >= 0.6 is 0 Å². The third-order valence-electron chi connectivity index (χ3n) is 2.42. The molecule has 94 valence electrons. The summed E-state index contributed by atoms with van der Waals surface area (Å²) >= 11 is 0. The van der Waals surface area contributed by atoms with Crippen molar-refractivity contribution in [1.29, 1.82) is 0 Å². The number of hydrogen-bond acceptors (Lipinski definition) is 2. The Morgan fingerprint density at radius 3 is 2.65 bits per heavy atom. The van der Waals surface area contributed by atoms with Gasteiger partial charge in [0.2, 0.25) is 5.88 Å². The van der Waals surface area contributed by atoms with Crippen LogP contribution in [0, 0.1) is 19.8 Å². The fourth-order valence-corrected chi connectivity index (χ4v) is 1.47. The number of nitrogens with zero attached hydrogens (tertiary/aromatic N) is 1. The van der Waals surface area contributed by atoms with Crippen LogP contribution in [0.15, 0.2) is 12.1 Å². The summed E-state index contributed by atoms with van der Waals surface area (Å²) in [5, 5.41) is 0. The van der Waals surface area contributed by atoms with Crippen LogP contribution in [-0.2, 0) is 0 Å². The van der Waals surface area contributed by atoms with Gasteiger partial charge in [-0.15, -0.1) is 0 Å². The quantitative estimate of drug-likeness (QED) is 0.787. The summed E-state index contributed by atoms with van der Waals surface area (Å²) in [4.78, 5) is 4.31. The summed E-state index contributed by atoms with van der Waals surface area (Å²) in [6.07, 6.45) is 1.44. The molecule has 0 spiro atoms. The zero-order valence-electron chi connectivity index (χ0n) is 11.2. The fraction of sp³-hybridized carbons (Fsp3) is 0.500. The number of ether oxygens (including phenoxy) is 1. The van der Waals surface area contributed by atoms with Crippen molar-refractivity contribution in [2.75, 3.05) is 6.61 Å². The lowest BCUT2D eigenvalue weighted by Crippen LogP contribution is -2.08. The molecular weight excluding hydrogens is 217 g/mol. The Kier molecular flexibility index (Phi) is 4.67. The average Bonchev–Trinajstić information content (AvgIpc) is 2.28. The molecule has 0 aliphatic carbocycles. The van der Waals surface area contributed by atoms with Gasteiger partial charge < -0.3 is 4.74 Å². The number of hydrogen-bond donors (Lipinski definition) is 0. The van der Waals surface area contributed by atoms with Gasteiger partial charge >= 0.3 is 0 Å². The molecule has 3 heteroatoms. The summed E-state index contributed by atoms with van der Waals surface area (Å²) in [7, 11) is 0. The normalized spacial score (nSPS) is 12.1. The van der Waals surface area contributed by atoms with Crippen LogP contribution in [0.1, 0.15) is 37.6 Å². The largest absolute Gasteiger partial charge is 0.477 e. The Bertz CT molecular complexity index is 424. The summed E-state index contributed by atoms with van der Waals surface area (Å²) in [6.45, 7) is 10.1. The first kappa shape index (κ1) is 13.7. The number of rotatable bonds is 4. The first-order chi connectivity index (χ1) is 7.95. The zero-order valence-corrected chi connectivity index (χ0v) is 11.2. The van der Waals surface area contributed by atoms with Gasteiger partial charge in [-0.3, -0.25) is 0 Å². The summed E-state index contributed by atoms with van der Waals surface area (Å²) < 4.78 is 19.1. The predicted octanol–water partition coefficient (Wildman–Crippen LogP) is 4.06. The number of aryl methyl sites for hydroxylation is 2. The van der Waals surface area contributed by atoms with E-state index in [-0.39, 0.29) is 5.83 Å². The van der Waals surface area contributed by atoms with Gasteiger partial charge in [-0.1, -0.05) is 19.9 Å². The maximum absolute atomic E-state index is 13.5. The molecule has 0 atom stereocenters. The van der Waals surface area contributed by atoms with Crippen molar-refractivity contribution in [3.8, 4) is 5.88 Å². The molecule has 0 saturated heterocycles. The van der Waals surface area contributed by atoms with Gasteiger partial charge in [0, 0.05) is 11.1 Å². The third-order valence-corrected chi connectivity index (χ3v) is 2.42. The molecule has 0 aliphatic rings. The van der Waals surface area contributed by atoms with Crippen molar-refractivity contribution in [2.24, 2.45) is 5.92 Å². The Labute approximate surface area is 103 Å². The van der Waals surface area contributed by atoms with E-state index in [9.17, 15) is 4.39 Å². The highest BCUT2D eigenvalue weighted by Gasteiger charge is 2.10. The van der Waals surface area contributed by atoms with Crippen molar-refractivity contribution in [2.45, 2.75) is 34.6 Å². The van der Waals surface area contributed by atoms with Gasteiger partial charge in [-0.25, -0.2) is 9.37 Å². The van der Waals surface area contributed by atoms with Gasteiger partial charge in [0.1, 0.15) is 5.83 Å². The molecule has 0 saturated carbocycles. The molecule has 0 unspecified atom stereocenters. The van der Waals surface area contributed by atoms with Crippen LogP contribution in [0.2, 0.25) is 0 Å². The molecular formula is C14H20FNO. The van der Waals surface area contributed by atoms with Crippen LogP contribution in [0.3, 0.4) is 0 Å². The molecule has 1 rings (SSSR count). The molecule has 0 amide bonds. The van der Waals surface area contributed by atoms with E-state index >= 15 is 0 Å². The van der Waals surface area contributed by atoms with E-state index in [0.29, 0.717) is 29.7 Å². The van der Waals surface area contributed by atoms with Crippen LogP contribution < -0.4 is 4.74 Å². The van der Waals surface area contributed by atoms with Gasteiger partial charge in [0.15, 0.2) is 0 Å². The molecule has 2 nitrogen and oxygen atoms in total. The average molecular weight is 237 g/mol. The Morgan fingerprint density at radius 2 is 2.12 bits per heavy atom. The van der Waals surface area contributed by atoms with Crippen LogP contribution in [0.25, 0.3) is 5.83 Å². The maximum Gasteiger partial charge on any atom is 0.216 e. The van der Waals surface area contributed by atoms with E-state index in [2.05, 4.69) is 18.8 Å². The highest BCUT2D eigenvalue weighted by atomic mass is 19.1. The van der Waals surface area contributed by atoms with Gasteiger partial charge in [0.25, 0.3) is 0 Å². The maximum atomic E-state index is 13.5. The van der Waals surface area contributed by atoms with E-state index < -0.39 is 0 Å². The molecule has 1 heterocycles. The number of pyridine rings is 1. The minimum Gasteiger partial charge on any atom is -0.477 e. The molecule has 0 fully saturated rings. The molecule has 0 aliphatic heterocycles. The molecule has 1 aromatic rings. The van der Waals surface area contributed by atoms with Gasteiger partial charge in [-0.2, -0.15) is 0 Å². The Balaban J connectivity index is 3.01. The fourth-order valence-electron chi connectivity index (χ4n) is 1.47. The molecule has 0 bridgehead atoms. The van der Waals surface area contributed by atoms with Crippen molar-refractivity contribution < 1.29 is 9.13 Å². The monoisotopic (exact) mass is 237 g/mol. The topological polar surface area (TPSA) is 22.1 Å². The van der Waals surface area contributed by atoms with Crippen molar-refractivity contribution in [3.05, 3.63) is 29.0 Å². The number of aromatic nitrogens is 1. The van der Waals surface area contributed by atoms with Crippen LogP contribution in [0.4, 0.5) is 4.39 Å². The minimum absolute atomic E-state index is 0.242. The number of halogens is 1. The van der Waals surface area contributed by atoms with Gasteiger partial charge in [0.05, 0.1) is 12.3 Å². The predicted molar refractivity (Wildman–Crippen MR) is 68.8 cm³/mol. The molecule has 17 heavy (non-hydrogen) atoms. The highest BCUT2D eigenvalue weighted by molar-refractivity contribution is 5.62. The van der Waals surface area contributed by atoms with Gasteiger partial charge in [-0.05, 0) is 32.8 Å². The molecule has 0 N–H and O–H groups in total. The third kappa shape index (κ3) is 3.55. The first-order valence-corrected chi connectivity index (χ1v) is 5.89. The lowest BCUT2D eigenvalue weighted by atomic mass is 10.1. The van der Waals surface area contributed by atoms with E-state index in [1.807, 2.05) is 6.92 Å². The van der Waals surface area contributed by atoms with E-state index in [1.165, 1.54) is 6.08 Å². The SMILES string of the molecule is C/C=C(/F)c1cc(C)c(OCC(C)C)nc1C. The Morgan fingerprint density at radius 1 is 1.47 bits per heavy atom.